The molecule has 10 heteroatoms. The average Bonchev–Trinajstić information content (AvgIpc) is 3.60. The zero-order chi connectivity index (χ0) is 22.9. The molecule has 0 spiro atoms. The first kappa shape index (κ1) is 21.4. The molecule has 1 fully saturated rings. The molecule has 4 aromatic rings. The van der Waals surface area contributed by atoms with Gasteiger partial charge < -0.3 is 15.0 Å². The molecule has 0 aliphatic carbocycles. The molecule has 8 nitrogen and oxygen atoms in total. The minimum Gasteiger partial charge on any atom is -0.497 e. The number of aryl methyl sites for hydroxylation is 1. The number of carbonyl (C=O) groups excluding carboxylic acids is 2. The Hall–Kier alpha value is -3.50. The number of thiophene rings is 1. The Morgan fingerprint density at radius 3 is 2.88 bits per heavy atom. The van der Waals surface area contributed by atoms with E-state index >= 15 is 0 Å². The quantitative estimate of drug-likeness (QED) is 0.444. The van der Waals surface area contributed by atoms with Crippen LogP contribution in [-0.2, 0) is 9.59 Å². The minimum absolute atomic E-state index is 0.0893. The molecule has 0 saturated carbocycles. The molecule has 168 valence electrons. The molecule has 1 aliphatic heterocycles. The van der Waals surface area contributed by atoms with E-state index in [4.69, 9.17) is 4.74 Å². The molecule has 1 atom stereocenters. The number of anilines is 2. The third-order valence-corrected chi connectivity index (χ3v) is 7.10. The molecule has 1 aromatic carbocycles. The summed E-state index contributed by atoms with van der Waals surface area (Å²) in [6.45, 7) is 2.17. The molecule has 1 saturated heterocycles. The van der Waals surface area contributed by atoms with Crippen molar-refractivity contribution in [2.24, 2.45) is 5.92 Å². The van der Waals surface area contributed by atoms with Crippen molar-refractivity contribution < 1.29 is 14.3 Å². The Kier molecular flexibility index (Phi) is 5.69. The highest BCUT2D eigenvalue weighted by molar-refractivity contribution is 7.15. The van der Waals surface area contributed by atoms with Crippen LogP contribution >= 0.6 is 22.7 Å². The fourth-order valence-corrected chi connectivity index (χ4v) is 5.32. The van der Waals surface area contributed by atoms with Crippen molar-refractivity contribution in [1.82, 2.24) is 14.8 Å². The van der Waals surface area contributed by atoms with Crippen LogP contribution in [0.4, 0.5) is 11.5 Å². The van der Waals surface area contributed by atoms with E-state index < -0.39 is 5.92 Å². The Morgan fingerprint density at radius 2 is 2.09 bits per heavy atom. The maximum absolute atomic E-state index is 13.1. The van der Waals surface area contributed by atoms with E-state index in [1.54, 1.807) is 40.2 Å². The van der Waals surface area contributed by atoms with Gasteiger partial charge in [0.25, 0.3) is 0 Å². The van der Waals surface area contributed by atoms with E-state index in [-0.39, 0.29) is 18.2 Å². The number of methoxy groups -OCH3 is 1. The molecule has 3 aromatic heterocycles. The summed E-state index contributed by atoms with van der Waals surface area (Å²) >= 11 is 3.08. The lowest BCUT2D eigenvalue weighted by molar-refractivity contribution is -0.122. The summed E-state index contributed by atoms with van der Waals surface area (Å²) in [6.07, 6.45) is 0.149. The van der Waals surface area contributed by atoms with Crippen LogP contribution < -0.4 is 15.0 Å². The maximum Gasteiger partial charge on any atom is 0.230 e. The minimum atomic E-state index is -0.467. The highest BCUT2D eigenvalue weighted by Gasteiger charge is 2.35. The number of aromatic nitrogens is 3. The molecule has 33 heavy (non-hydrogen) atoms. The van der Waals surface area contributed by atoms with Gasteiger partial charge in [-0.15, -0.1) is 22.7 Å². The number of carbonyl (C=O) groups is 2. The van der Waals surface area contributed by atoms with E-state index in [1.165, 1.54) is 11.3 Å². The predicted octanol–water partition coefficient (Wildman–Crippen LogP) is 4.37. The van der Waals surface area contributed by atoms with Crippen LogP contribution in [0.25, 0.3) is 15.7 Å². The molecule has 0 bridgehead atoms. The maximum atomic E-state index is 13.1. The average molecular weight is 480 g/mol. The first-order valence-corrected chi connectivity index (χ1v) is 12.1. The normalized spacial score (nSPS) is 15.8. The summed E-state index contributed by atoms with van der Waals surface area (Å²) in [5, 5.41) is 12.1. The van der Waals surface area contributed by atoms with Gasteiger partial charge in [-0.2, -0.15) is 9.78 Å². The zero-order valence-corrected chi connectivity index (χ0v) is 19.7. The summed E-state index contributed by atoms with van der Waals surface area (Å²) in [7, 11) is 1.58. The predicted molar refractivity (Wildman–Crippen MR) is 129 cm³/mol. The third-order valence-electron chi connectivity index (χ3n) is 5.39. The highest BCUT2D eigenvalue weighted by atomic mass is 32.1. The second-order valence-electron chi connectivity index (χ2n) is 7.67. The van der Waals surface area contributed by atoms with Crippen LogP contribution in [0.2, 0.25) is 0 Å². The largest absolute Gasteiger partial charge is 0.497 e. The number of amides is 2. The Labute approximate surface area is 198 Å². The van der Waals surface area contributed by atoms with Crippen LogP contribution in [0.3, 0.4) is 0 Å². The number of nitrogens with one attached hydrogen (secondary N) is 1. The van der Waals surface area contributed by atoms with Crippen LogP contribution in [0.15, 0.2) is 53.2 Å². The molecular weight excluding hydrogens is 458 g/mol. The number of thiazole rings is 1. The number of ether oxygens (including phenoxy) is 1. The lowest BCUT2D eigenvalue weighted by Crippen LogP contribution is -2.28. The van der Waals surface area contributed by atoms with Crippen molar-refractivity contribution in [1.29, 1.82) is 0 Å². The second kappa shape index (κ2) is 8.80. The van der Waals surface area contributed by atoms with Gasteiger partial charge in [-0.25, -0.2) is 4.98 Å². The molecule has 0 radical (unpaired) electrons. The first-order valence-electron chi connectivity index (χ1n) is 10.3. The van der Waals surface area contributed by atoms with Crippen molar-refractivity contribution in [3.05, 3.63) is 58.9 Å². The van der Waals surface area contributed by atoms with Gasteiger partial charge in [0.15, 0.2) is 0 Å². The summed E-state index contributed by atoms with van der Waals surface area (Å²) in [4.78, 5) is 33.1. The van der Waals surface area contributed by atoms with E-state index in [0.717, 1.165) is 22.0 Å². The number of hydrogen-bond donors (Lipinski definition) is 1. The lowest BCUT2D eigenvalue weighted by Gasteiger charge is -2.17. The third kappa shape index (κ3) is 4.27. The molecular formula is C23H21N5O3S2. The summed E-state index contributed by atoms with van der Waals surface area (Å²) in [5.41, 5.74) is 2.36. The molecule has 1 aliphatic rings. The van der Waals surface area contributed by atoms with Crippen LogP contribution in [-0.4, -0.2) is 40.2 Å². The van der Waals surface area contributed by atoms with Crippen molar-refractivity contribution in [3.63, 3.8) is 0 Å². The van der Waals surface area contributed by atoms with Crippen LogP contribution in [0, 0.1) is 12.8 Å². The fraction of sp³-hybridized carbons (Fsp3) is 0.217. The van der Waals surface area contributed by atoms with Crippen molar-refractivity contribution in [2.45, 2.75) is 13.3 Å². The number of rotatable bonds is 6. The van der Waals surface area contributed by atoms with Crippen molar-refractivity contribution in [3.8, 4) is 21.5 Å². The van der Waals surface area contributed by atoms with Gasteiger partial charge in [-0.1, -0.05) is 12.1 Å². The van der Waals surface area contributed by atoms with E-state index in [2.05, 4.69) is 15.4 Å². The number of hydrogen-bond acceptors (Lipinski definition) is 7. The number of nitrogens with zero attached hydrogens (tertiary/aromatic N) is 4. The Morgan fingerprint density at radius 1 is 1.21 bits per heavy atom. The van der Waals surface area contributed by atoms with Gasteiger partial charge in [0.2, 0.25) is 16.9 Å². The smallest absolute Gasteiger partial charge is 0.230 e. The summed E-state index contributed by atoms with van der Waals surface area (Å²) in [6, 6.07) is 13.1. The van der Waals surface area contributed by atoms with Crippen LogP contribution in [0.5, 0.6) is 5.75 Å². The van der Waals surface area contributed by atoms with E-state index in [9.17, 15) is 9.59 Å². The van der Waals surface area contributed by atoms with Gasteiger partial charge in [-0.3, -0.25) is 9.59 Å². The molecule has 5 rings (SSSR count). The Bertz CT molecular complexity index is 1310. The lowest BCUT2D eigenvalue weighted by atomic mass is 10.1. The highest BCUT2D eigenvalue weighted by Crippen LogP contribution is 2.31. The summed E-state index contributed by atoms with van der Waals surface area (Å²) < 4.78 is 6.90. The number of benzene rings is 1. The van der Waals surface area contributed by atoms with Gasteiger partial charge >= 0.3 is 0 Å². The summed E-state index contributed by atoms with van der Waals surface area (Å²) in [5.74, 6) is 0.429. The SMILES string of the molecule is COc1cccc(N2CC(C(=O)Nc3cc(C)nn3-c3nc(-c4cccs4)cs3)CC2=O)c1. The molecule has 2 amide bonds. The van der Waals surface area contributed by atoms with Gasteiger partial charge in [0.05, 0.1) is 29.3 Å². The standard InChI is InChI=1S/C23H21N5O3S2/c1-14-9-20(28(26-14)23-24-18(13-33-23)19-7-4-8-32-19)25-22(30)15-10-21(29)27(12-15)16-5-3-6-17(11-16)31-2/h3-9,11,13,15H,10,12H2,1-2H3,(H,25,30). The Balaban J connectivity index is 1.33. The van der Waals surface area contributed by atoms with Gasteiger partial charge in [-0.05, 0) is 30.5 Å². The van der Waals surface area contributed by atoms with Crippen LogP contribution in [0.1, 0.15) is 12.1 Å². The fourth-order valence-electron chi connectivity index (χ4n) is 3.77. The molecule has 4 heterocycles. The van der Waals surface area contributed by atoms with Crippen molar-refractivity contribution >= 4 is 46.0 Å². The first-order chi connectivity index (χ1) is 16.0. The molecule has 1 unspecified atom stereocenters. The zero-order valence-electron chi connectivity index (χ0n) is 18.0. The van der Waals surface area contributed by atoms with E-state index in [1.807, 2.05) is 48.0 Å². The topological polar surface area (TPSA) is 89.3 Å². The molecule has 1 N–H and O–H groups in total. The van der Waals surface area contributed by atoms with Gasteiger partial charge in [0.1, 0.15) is 11.6 Å². The monoisotopic (exact) mass is 479 g/mol. The second-order valence-corrected chi connectivity index (χ2v) is 9.46. The van der Waals surface area contributed by atoms with Crippen molar-refractivity contribution in [2.75, 3.05) is 23.9 Å². The van der Waals surface area contributed by atoms with Gasteiger partial charge in [0, 0.05) is 36.2 Å². The van der Waals surface area contributed by atoms with E-state index in [0.29, 0.717) is 23.2 Å².